The lowest BCUT2D eigenvalue weighted by Crippen LogP contribution is -1.74. The molecule has 56 valence electrons. The van der Waals surface area contributed by atoms with Gasteiger partial charge in [0.15, 0.2) is 0 Å². The molecule has 2 aromatic heterocycles. The van der Waals surface area contributed by atoms with Gasteiger partial charge in [-0.2, -0.15) is 5.10 Å². The molecule has 0 amide bonds. The second-order valence-electron chi connectivity index (χ2n) is 2.05. The molecule has 2 heterocycles. The van der Waals surface area contributed by atoms with E-state index in [-0.39, 0.29) is 0 Å². The van der Waals surface area contributed by atoms with E-state index in [1.165, 1.54) is 0 Å². The van der Waals surface area contributed by atoms with Crippen LogP contribution in [0.4, 0.5) is 0 Å². The fraction of sp³-hybridized carbons (Fsp3) is 0. The second kappa shape index (κ2) is 2.60. The molecular weight excluding hydrogens is 276 g/mol. The summed E-state index contributed by atoms with van der Waals surface area (Å²) in [5, 5.41) is 8.42. The van der Waals surface area contributed by atoms with E-state index in [2.05, 4.69) is 37.8 Å². The molecule has 0 bridgehead atoms. The van der Waals surface area contributed by atoms with Crippen molar-refractivity contribution < 1.29 is 0 Å². The van der Waals surface area contributed by atoms with Crippen LogP contribution in [0.2, 0.25) is 5.02 Å². The van der Waals surface area contributed by atoms with Gasteiger partial charge in [-0.05, 0) is 22.6 Å². The Bertz CT molecular complexity index is 398. The van der Waals surface area contributed by atoms with E-state index < -0.39 is 0 Å². The quantitative estimate of drug-likeness (QED) is 0.751. The number of rotatable bonds is 0. The lowest BCUT2D eigenvalue weighted by molar-refractivity contribution is 1.09. The highest BCUT2D eigenvalue weighted by Crippen LogP contribution is 2.24. The van der Waals surface area contributed by atoms with Gasteiger partial charge in [-0.3, -0.25) is 10.1 Å². The van der Waals surface area contributed by atoms with Gasteiger partial charge in [-0.15, -0.1) is 0 Å². The summed E-state index contributed by atoms with van der Waals surface area (Å²) in [7, 11) is 0. The summed E-state index contributed by atoms with van der Waals surface area (Å²) in [5.74, 6) is 0. The maximum atomic E-state index is 5.88. The van der Waals surface area contributed by atoms with Crippen molar-refractivity contribution >= 4 is 45.1 Å². The van der Waals surface area contributed by atoms with Crippen LogP contribution in [0.25, 0.3) is 10.9 Å². The van der Waals surface area contributed by atoms with Crippen LogP contribution in [-0.4, -0.2) is 15.2 Å². The average Bonchev–Trinajstić information content (AvgIpc) is 2.34. The highest BCUT2D eigenvalue weighted by Gasteiger charge is 2.05. The van der Waals surface area contributed by atoms with Crippen LogP contribution in [0.5, 0.6) is 0 Å². The molecule has 2 aromatic rings. The molecule has 2 rings (SSSR count). The predicted octanol–water partition coefficient (Wildman–Crippen LogP) is 2.22. The van der Waals surface area contributed by atoms with Gasteiger partial charge >= 0.3 is 0 Å². The normalized spacial score (nSPS) is 10.7. The van der Waals surface area contributed by atoms with Gasteiger partial charge < -0.3 is 0 Å². The molecular formula is C6H3ClIN3. The minimum Gasteiger partial charge on any atom is -0.271 e. The number of aromatic amines is 1. The molecule has 0 radical (unpaired) electrons. The molecule has 0 aliphatic heterocycles. The highest BCUT2D eigenvalue weighted by atomic mass is 127. The molecule has 0 fully saturated rings. The van der Waals surface area contributed by atoms with E-state index in [0.29, 0.717) is 5.02 Å². The SMILES string of the molecule is Clc1cncc2n[nH]c(I)c12. The Morgan fingerprint density at radius 3 is 3.00 bits per heavy atom. The zero-order valence-electron chi connectivity index (χ0n) is 5.31. The fourth-order valence-electron chi connectivity index (χ4n) is 0.892. The molecule has 11 heavy (non-hydrogen) atoms. The van der Waals surface area contributed by atoms with Crippen molar-refractivity contribution in [3.05, 3.63) is 21.1 Å². The zero-order valence-corrected chi connectivity index (χ0v) is 8.22. The number of nitrogens with zero attached hydrogens (tertiary/aromatic N) is 2. The Hall–Kier alpha value is -0.360. The number of aromatic nitrogens is 3. The number of fused-ring (bicyclic) bond motifs is 1. The number of hydrogen-bond donors (Lipinski definition) is 1. The zero-order chi connectivity index (χ0) is 7.84. The van der Waals surface area contributed by atoms with Crippen molar-refractivity contribution in [1.29, 1.82) is 0 Å². The van der Waals surface area contributed by atoms with E-state index in [1.807, 2.05) is 0 Å². The second-order valence-corrected chi connectivity index (χ2v) is 3.54. The Balaban J connectivity index is 2.96. The molecule has 0 atom stereocenters. The summed E-state index contributed by atoms with van der Waals surface area (Å²) in [4.78, 5) is 3.91. The summed E-state index contributed by atoms with van der Waals surface area (Å²) < 4.78 is 0.949. The first-order valence-electron chi connectivity index (χ1n) is 2.92. The first-order valence-corrected chi connectivity index (χ1v) is 4.38. The molecule has 0 saturated carbocycles. The third kappa shape index (κ3) is 1.10. The van der Waals surface area contributed by atoms with E-state index in [1.54, 1.807) is 12.4 Å². The first kappa shape index (κ1) is 7.30. The summed E-state index contributed by atoms with van der Waals surface area (Å²) in [6, 6.07) is 0. The van der Waals surface area contributed by atoms with Crippen LogP contribution in [-0.2, 0) is 0 Å². The molecule has 0 aliphatic rings. The van der Waals surface area contributed by atoms with Crippen LogP contribution in [0.15, 0.2) is 12.4 Å². The lowest BCUT2D eigenvalue weighted by atomic mass is 10.3. The highest BCUT2D eigenvalue weighted by molar-refractivity contribution is 14.1. The maximum Gasteiger partial charge on any atom is 0.113 e. The standard InChI is InChI=1S/C6H3ClIN3/c7-3-1-9-2-4-5(3)6(8)11-10-4/h1-2H,(H,10,11). The Kier molecular flexibility index (Phi) is 1.72. The van der Waals surface area contributed by atoms with Crippen molar-refractivity contribution in [2.75, 3.05) is 0 Å². The Labute approximate surface area is 81.3 Å². The third-order valence-corrected chi connectivity index (χ3v) is 2.44. The fourth-order valence-corrected chi connectivity index (χ4v) is 1.99. The van der Waals surface area contributed by atoms with E-state index in [4.69, 9.17) is 11.6 Å². The van der Waals surface area contributed by atoms with Crippen molar-refractivity contribution in [3.63, 3.8) is 0 Å². The van der Waals surface area contributed by atoms with E-state index in [9.17, 15) is 0 Å². The summed E-state index contributed by atoms with van der Waals surface area (Å²) in [6.45, 7) is 0. The lowest BCUT2D eigenvalue weighted by Gasteiger charge is -1.89. The van der Waals surface area contributed by atoms with Crippen molar-refractivity contribution in [1.82, 2.24) is 15.2 Å². The number of halogens is 2. The molecule has 0 aromatic carbocycles. The molecule has 0 unspecified atom stereocenters. The summed E-state index contributed by atoms with van der Waals surface area (Å²) >= 11 is 8.03. The number of H-pyrrole nitrogens is 1. The monoisotopic (exact) mass is 279 g/mol. The molecule has 0 saturated heterocycles. The minimum atomic E-state index is 0.639. The van der Waals surface area contributed by atoms with Gasteiger partial charge in [-0.1, -0.05) is 11.6 Å². The summed E-state index contributed by atoms with van der Waals surface area (Å²) in [5.41, 5.74) is 0.807. The van der Waals surface area contributed by atoms with Crippen LogP contribution >= 0.6 is 34.2 Å². The maximum absolute atomic E-state index is 5.88. The molecule has 1 N–H and O–H groups in total. The van der Waals surface area contributed by atoms with Gasteiger partial charge in [-0.25, -0.2) is 0 Å². The molecule has 5 heteroatoms. The molecule has 0 spiro atoms. The van der Waals surface area contributed by atoms with E-state index >= 15 is 0 Å². The number of nitrogens with one attached hydrogen (secondary N) is 1. The Morgan fingerprint density at radius 1 is 1.45 bits per heavy atom. The number of pyridine rings is 1. The minimum absolute atomic E-state index is 0.639. The Morgan fingerprint density at radius 2 is 2.27 bits per heavy atom. The van der Waals surface area contributed by atoms with Crippen LogP contribution in [0.1, 0.15) is 0 Å². The smallest absolute Gasteiger partial charge is 0.113 e. The van der Waals surface area contributed by atoms with Gasteiger partial charge in [0.05, 0.1) is 16.6 Å². The van der Waals surface area contributed by atoms with Crippen molar-refractivity contribution in [2.24, 2.45) is 0 Å². The van der Waals surface area contributed by atoms with Crippen molar-refractivity contribution in [2.45, 2.75) is 0 Å². The largest absolute Gasteiger partial charge is 0.271 e. The number of hydrogen-bond acceptors (Lipinski definition) is 2. The van der Waals surface area contributed by atoms with Gasteiger partial charge in [0.1, 0.15) is 9.22 Å². The molecule has 0 aliphatic carbocycles. The van der Waals surface area contributed by atoms with Crippen LogP contribution in [0, 0.1) is 3.70 Å². The van der Waals surface area contributed by atoms with Crippen LogP contribution < -0.4 is 0 Å². The van der Waals surface area contributed by atoms with Gasteiger partial charge in [0.2, 0.25) is 0 Å². The third-order valence-electron chi connectivity index (χ3n) is 1.37. The van der Waals surface area contributed by atoms with Crippen LogP contribution in [0.3, 0.4) is 0 Å². The first-order chi connectivity index (χ1) is 5.29. The summed E-state index contributed by atoms with van der Waals surface area (Å²) in [6.07, 6.45) is 3.29. The predicted molar refractivity (Wildman–Crippen MR) is 51.6 cm³/mol. The van der Waals surface area contributed by atoms with Gasteiger partial charge in [0.25, 0.3) is 0 Å². The van der Waals surface area contributed by atoms with Gasteiger partial charge in [0, 0.05) is 6.20 Å². The molecule has 3 nitrogen and oxygen atoms in total. The van der Waals surface area contributed by atoms with E-state index in [0.717, 1.165) is 14.6 Å². The van der Waals surface area contributed by atoms with Crippen molar-refractivity contribution in [3.8, 4) is 0 Å². The topological polar surface area (TPSA) is 41.6 Å². The average molecular weight is 279 g/mol.